The van der Waals surface area contributed by atoms with Crippen LogP contribution in [0.15, 0.2) is 55.1 Å². The number of methoxy groups -OCH3 is 1. The number of nitrogens with zero attached hydrogens (tertiary/aromatic N) is 3. The van der Waals surface area contributed by atoms with Gasteiger partial charge in [-0.2, -0.15) is 0 Å². The highest BCUT2D eigenvalue weighted by molar-refractivity contribution is 5.57. The van der Waals surface area contributed by atoms with Gasteiger partial charge < -0.3 is 19.1 Å². The lowest BCUT2D eigenvalue weighted by Gasteiger charge is -2.21. The van der Waals surface area contributed by atoms with Crippen molar-refractivity contribution in [1.29, 1.82) is 0 Å². The van der Waals surface area contributed by atoms with Crippen molar-refractivity contribution < 1.29 is 23.8 Å². The van der Waals surface area contributed by atoms with Crippen molar-refractivity contribution in [2.24, 2.45) is 5.92 Å². The van der Waals surface area contributed by atoms with Crippen LogP contribution in [0.4, 0.5) is 4.39 Å². The molecule has 0 radical (unpaired) electrons. The molecule has 1 aliphatic rings. The summed E-state index contributed by atoms with van der Waals surface area (Å²) in [6.45, 7) is 1.07. The smallest absolute Gasteiger partial charge is 0.290 e. The summed E-state index contributed by atoms with van der Waals surface area (Å²) in [5.41, 5.74) is 1.96. The minimum absolute atomic E-state index is 0.158. The van der Waals surface area contributed by atoms with Crippen LogP contribution in [0.5, 0.6) is 5.75 Å². The Labute approximate surface area is 167 Å². The minimum Gasteiger partial charge on any atom is -0.494 e. The van der Waals surface area contributed by atoms with E-state index in [1.807, 2.05) is 36.8 Å². The number of imidazole rings is 1. The number of carboxylic acid groups (broad SMARTS) is 1. The molecule has 1 aromatic carbocycles. The molecule has 0 aliphatic carbocycles. The van der Waals surface area contributed by atoms with Gasteiger partial charge in [-0.1, -0.05) is 0 Å². The fourth-order valence-corrected chi connectivity index (χ4v) is 3.52. The molecule has 0 amide bonds. The van der Waals surface area contributed by atoms with Crippen LogP contribution in [0.2, 0.25) is 0 Å². The van der Waals surface area contributed by atoms with Crippen LogP contribution in [0.3, 0.4) is 0 Å². The highest BCUT2D eigenvalue weighted by Crippen LogP contribution is 2.33. The third-order valence-corrected chi connectivity index (χ3v) is 4.85. The molecule has 0 spiro atoms. The maximum Gasteiger partial charge on any atom is 0.290 e. The molecule has 2 aromatic heterocycles. The Balaban J connectivity index is 0.000000755. The molecule has 3 aromatic rings. The summed E-state index contributed by atoms with van der Waals surface area (Å²) < 4.78 is 27.0. The fraction of sp³-hybridized carbons (Fsp3) is 0.286. The molecule has 152 valence electrons. The van der Waals surface area contributed by atoms with Crippen molar-refractivity contribution in [3.05, 3.63) is 66.5 Å². The van der Waals surface area contributed by atoms with Gasteiger partial charge in [0.05, 0.1) is 26.4 Å². The zero-order valence-corrected chi connectivity index (χ0v) is 15.9. The average molecular weight is 399 g/mol. The van der Waals surface area contributed by atoms with E-state index in [0.29, 0.717) is 19.1 Å². The maximum atomic E-state index is 14.1. The van der Waals surface area contributed by atoms with Crippen molar-refractivity contribution in [1.82, 2.24) is 14.5 Å². The Hall–Kier alpha value is -3.26. The molecule has 0 bridgehead atoms. The lowest BCUT2D eigenvalue weighted by Crippen LogP contribution is -2.20. The zero-order valence-electron chi connectivity index (χ0n) is 15.9. The molecule has 4 rings (SSSR count). The lowest BCUT2D eigenvalue weighted by atomic mass is 9.95. The number of pyridine rings is 1. The number of benzene rings is 1. The summed E-state index contributed by atoms with van der Waals surface area (Å²) >= 11 is 0. The van der Waals surface area contributed by atoms with Crippen LogP contribution < -0.4 is 4.74 Å². The standard InChI is InChI=1S/C20H20FN3O2.CH2O2/c1-25-19-3-2-15(11-17(19)21)20-23-8-9-24(20)18-13-26-12-16(18)10-14-4-6-22-7-5-14;2-1-3/h2-9,11,16,18H,10,12-13H2,1H3;1H,(H,2,3)/t16-,18-;/m1./s1. The molecule has 2 atom stereocenters. The van der Waals surface area contributed by atoms with E-state index in [9.17, 15) is 4.39 Å². The van der Waals surface area contributed by atoms with Crippen LogP contribution >= 0.6 is 0 Å². The van der Waals surface area contributed by atoms with Gasteiger partial charge in [0, 0.05) is 36.3 Å². The van der Waals surface area contributed by atoms with Crippen LogP contribution in [0.1, 0.15) is 11.6 Å². The van der Waals surface area contributed by atoms with E-state index >= 15 is 0 Å². The first-order valence-electron chi connectivity index (χ1n) is 9.09. The molecular formula is C21H22FN3O4. The number of hydrogen-bond acceptors (Lipinski definition) is 5. The van der Waals surface area contributed by atoms with Gasteiger partial charge in [-0.15, -0.1) is 0 Å². The highest BCUT2D eigenvalue weighted by atomic mass is 19.1. The number of rotatable bonds is 5. The SMILES string of the molecule is COc1ccc(-c2nccn2[C@@H]2COC[C@H]2Cc2ccncc2)cc1F.O=CO. The number of carbonyl (C=O) groups is 1. The van der Waals surface area contributed by atoms with Gasteiger partial charge in [-0.3, -0.25) is 9.78 Å². The molecule has 0 saturated carbocycles. The van der Waals surface area contributed by atoms with Gasteiger partial charge in [0.2, 0.25) is 0 Å². The van der Waals surface area contributed by atoms with Crippen molar-refractivity contribution in [3.63, 3.8) is 0 Å². The van der Waals surface area contributed by atoms with Gasteiger partial charge >= 0.3 is 0 Å². The largest absolute Gasteiger partial charge is 0.494 e. The Bertz CT molecular complexity index is 933. The summed E-state index contributed by atoms with van der Waals surface area (Å²) in [6, 6.07) is 9.14. The predicted octanol–water partition coefficient (Wildman–Crippen LogP) is 3.22. The number of halogens is 1. The molecule has 1 N–H and O–H groups in total. The van der Waals surface area contributed by atoms with E-state index in [1.165, 1.54) is 18.7 Å². The van der Waals surface area contributed by atoms with Crippen molar-refractivity contribution in [2.45, 2.75) is 12.5 Å². The monoisotopic (exact) mass is 399 g/mol. The number of hydrogen-bond donors (Lipinski definition) is 1. The molecule has 0 unspecified atom stereocenters. The van der Waals surface area contributed by atoms with E-state index in [2.05, 4.69) is 14.5 Å². The fourth-order valence-electron chi connectivity index (χ4n) is 3.52. The zero-order chi connectivity index (χ0) is 20.6. The van der Waals surface area contributed by atoms with Crippen LogP contribution in [-0.4, -0.2) is 46.4 Å². The summed E-state index contributed by atoms with van der Waals surface area (Å²) in [7, 11) is 1.46. The molecule has 1 aliphatic heterocycles. The quantitative estimate of drug-likeness (QED) is 0.663. The Morgan fingerprint density at radius 2 is 2.03 bits per heavy atom. The molecule has 3 heterocycles. The summed E-state index contributed by atoms with van der Waals surface area (Å²) in [6.07, 6.45) is 8.21. The normalized spacial score (nSPS) is 18.0. The molecular weight excluding hydrogens is 377 g/mol. The van der Waals surface area contributed by atoms with E-state index < -0.39 is 5.82 Å². The van der Waals surface area contributed by atoms with Gasteiger partial charge in [0.1, 0.15) is 5.82 Å². The molecule has 7 nitrogen and oxygen atoms in total. The van der Waals surface area contributed by atoms with Gasteiger partial charge in [0.15, 0.2) is 11.6 Å². The molecule has 8 heteroatoms. The van der Waals surface area contributed by atoms with E-state index in [0.717, 1.165) is 17.8 Å². The number of aromatic nitrogens is 3. The summed E-state index contributed by atoms with van der Waals surface area (Å²) in [5.74, 6) is 0.900. The minimum atomic E-state index is -0.393. The molecule has 1 fully saturated rings. The lowest BCUT2D eigenvalue weighted by molar-refractivity contribution is -0.122. The van der Waals surface area contributed by atoms with E-state index in [4.69, 9.17) is 19.4 Å². The van der Waals surface area contributed by atoms with E-state index in [1.54, 1.807) is 12.3 Å². The van der Waals surface area contributed by atoms with Gasteiger partial charge in [-0.25, -0.2) is 9.37 Å². The molecule has 1 saturated heterocycles. The third-order valence-electron chi connectivity index (χ3n) is 4.85. The maximum absolute atomic E-state index is 14.1. The van der Waals surface area contributed by atoms with Gasteiger partial charge in [-0.05, 0) is 42.3 Å². The second-order valence-electron chi connectivity index (χ2n) is 6.54. The van der Waals surface area contributed by atoms with Crippen molar-refractivity contribution in [2.75, 3.05) is 20.3 Å². The van der Waals surface area contributed by atoms with Crippen molar-refractivity contribution in [3.8, 4) is 17.1 Å². The first-order chi connectivity index (χ1) is 14.2. The average Bonchev–Trinajstić information content (AvgIpc) is 3.38. The Morgan fingerprint density at radius 3 is 2.72 bits per heavy atom. The highest BCUT2D eigenvalue weighted by Gasteiger charge is 2.31. The summed E-state index contributed by atoms with van der Waals surface area (Å²) in [4.78, 5) is 16.9. The molecule has 29 heavy (non-hydrogen) atoms. The van der Waals surface area contributed by atoms with Crippen LogP contribution in [-0.2, 0) is 16.0 Å². The van der Waals surface area contributed by atoms with Gasteiger partial charge in [0.25, 0.3) is 6.47 Å². The second-order valence-corrected chi connectivity index (χ2v) is 6.54. The first kappa shape index (κ1) is 20.5. The second kappa shape index (κ2) is 9.79. The Morgan fingerprint density at radius 1 is 1.28 bits per heavy atom. The van der Waals surface area contributed by atoms with E-state index in [-0.39, 0.29) is 18.3 Å². The van der Waals surface area contributed by atoms with Crippen LogP contribution in [0, 0.1) is 11.7 Å². The topological polar surface area (TPSA) is 86.5 Å². The van der Waals surface area contributed by atoms with Crippen LogP contribution in [0.25, 0.3) is 11.4 Å². The first-order valence-corrected chi connectivity index (χ1v) is 9.09. The predicted molar refractivity (Wildman–Crippen MR) is 104 cm³/mol. The third kappa shape index (κ3) is 4.78. The summed E-state index contributed by atoms with van der Waals surface area (Å²) in [5, 5.41) is 6.89. The van der Waals surface area contributed by atoms with Crippen molar-refractivity contribution >= 4 is 6.47 Å². The Kier molecular flexibility index (Phi) is 6.91. The number of ether oxygens (including phenoxy) is 2.